The third kappa shape index (κ3) is 4.80. The average Bonchev–Trinajstić information content (AvgIpc) is 3.61. The molecule has 39 heavy (non-hydrogen) atoms. The predicted octanol–water partition coefficient (Wildman–Crippen LogP) is 6.70. The van der Waals surface area contributed by atoms with E-state index in [9.17, 15) is 4.79 Å². The smallest absolute Gasteiger partial charge is 0.284 e. The molecule has 8 nitrogen and oxygen atoms in total. The van der Waals surface area contributed by atoms with E-state index in [1.165, 1.54) is 11.1 Å². The van der Waals surface area contributed by atoms with Crippen LogP contribution < -0.4 is 0 Å². The molecule has 8 heteroatoms. The summed E-state index contributed by atoms with van der Waals surface area (Å²) in [6.45, 7) is 8.04. The highest BCUT2D eigenvalue weighted by molar-refractivity contribution is 5.96. The highest BCUT2D eigenvalue weighted by Gasteiger charge is 2.28. The molecule has 200 valence electrons. The van der Waals surface area contributed by atoms with Crippen molar-refractivity contribution in [2.45, 2.75) is 71.1 Å². The van der Waals surface area contributed by atoms with E-state index in [0.29, 0.717) is 12.3 Å². The number of nitrogens with zero attached hydrogens (tertiary/aromatic N) is 5. The fraction of sp³-hybridized carbons (Fsp3) is 0.387. The van der Waals surface area contributed by atoms with Gasteiger partial charge in [0.25, 0.3) is 5.89 Å². The molecule has 0 spiro atoms. The van der Waals surface area contributed by atoms with Crippen LogP contribution in [0, 0.1) is 6.92 Å². The van der Waals surface area contributed by atoms with Gasteiger partial charge in [-0.3, -0.25) is 9.48 Å². The number of nitrogens with one attached hydrogen (secondary N) is 1. The SMILES string of the molecule is Cc1cc(-c2cc3c(-c4ccc5c(c4)CCCCC5CC(=O)c4nnc(C(C)(C)C)o4)ccnc3[nH]2)nn1C. The Balaban J connectivity index is 1.31. The fourth-order valence-corrected chi connectivity index (χ4v) is 5.52. The van der Waals surface area contributed by atoms with Gasteiger partial charge in [0, 0.05) is 36.2 Å². The second-order valence-corrected chi connectivity index (χ2v) is 11.7. The number of ketones is 1. The summed E-state index contributed by atoms with van der Waals surface area (Å²) < 4.78 is 7.62. The maximum atomic E-state index is 13.1. The van der Waals surface area contributed by atoms with Gasteiger partial charge in [-0.05, 0) is 72.6 Å². The van der Waals surface area contributed by atoms with Crippen molar-refractivity contribution in [2.75, 3.05) is 0 Å². The number of hydrogen-bond donors (Lipinski definition) is 1. The van der Waals surface area contributed by atoms with Gasteiger partial charge in [-0.25, -0.2) is 4.98 Å². The number of benzene rings is 1. The van der Waals surface area contributed by atoms with Gasteiger partial charge < -0.3 is 9.40 Å². The number of Topliss-reactive ketones (excluding diaryl/α,β-unsaturated/α-hetero) is 1. The summed E-state index contributed by atoms with van der Waals surface area (Å²) in [4.78, 5) is 21.2. The molecule has 1 aliphatic carbocycles. The highest BCUT2D eigenvalue weighted by Crippen LogP contribution is 2.38. The first-order valence-corrected chi connectivity index (χ1v) is 13.7. The molecule has 0 saturated heterocycles. The number of fused-ring (bicyclic) bond motifs is 2. The van der Waals surface area contributed by atoms with Gasteiger partial charge in [-0.1, -0.05) is 45.4 Å². The summed E-state index contributed by atoms with van der Waals surface area (Å²) >= 11 is 0. The van der Waals surface area contributed by atoms with E-state index >= 15 is 0 Å². The van der Waals surface area contributed by atoms with E-state index in [0.717, 1.165) is 64.9 Å². The van der Waals surface area contributed by atoms with Gasteiger partial charge >= 0.3 is 0 Å². The zero-order valence-electron chi connectivity index (χ0n) is 23.2. The van der Waals surface area contributed by atoms with Crippen molar-refractivity contribution in [1.29, 1.82) is 0 Å². The van der Waals surface area contributed by atoms with E-state index in [4.69, 9.17) is 4.42 Å². The molecule has 0 radical (unpaired) electrons. The Kier molecular flexibility index (Phi) is 6.20. The molecule has 4 heterocycles. The molecule has 1 atom stereocenters. The van der Waals surface area contributed by atoms with E-state index < -0.39 is 0 Å². The number of aromatic amines is 1. The summed E-state index contributed by atoms with van der Waals surface area (Å²) in [7, 11) is 1.95. The maximum absolute atomic E-state index is 13.1. The zero-order valence-corrected chi connectivity index (χ0v) is 23.2. The first-order chi connectivity index (χ1) is 18.7. The van der Waals surface area contributed by atoms with Gasteiger partial charge in [0.05, 0.1) is 5.69 Å². The van der Waals surface area contributed by atoms with Crippen LogP contribution in [0.3, 0.4) is 0 Å². The first kappa shape index (κ1) is 25.2. The number of aromatic nitrogens is 6. The van der Waals surface area contributed by atoms with Crippen molar-refractivity contribution >= 4 is 16.8 Å². The molecule has 1 N–H and O–H groups in total. The van der Waals surface area contributed by atoms with Gasteiger partial charge in [0.2, 0.25) is 11.7 Å². The maximum Gasteiger partial charge on any atom is 0.284 e. The van der Waals surface area contributed by atoms with Crippen LogP contribution in [0.1, 0.15) is 85.8 Å². The van der Waals surface area contributed by atoms with Crippen LogP contribution >= 0.6 is 0 Å². The number of pyridine rings is 1. The monoisotopic (exact) mass is 522 g/mol. The molecular weight excluding hydrogens is 488 g/mol. The number of carbonyl (C=O) groups excluding carboxylic acids is 1. The quantitative estimate of drug-likeness (QED) is 0.203. The molecule has 0 saturated carbocycles. The molecule has 6 rings (SSSR count). The predicted molar refractivity (Wildman–Crippen MR) is 151 cm³/mol. The van der Waals surface area contributed by atoms with Crippen LogP contribution in [-0.2, 0) is 18.9 Å². The fourth-order valence-electron chi connectivity index (χ4n) is 5.52. The van der Waals surface area contributed by atoms with Crippen LogP contribution in [0.25, 0.3) is 33.5 Å². The molecule has 1 unspecified atom stereocenters. The number of carbonyl (C=O) groups is 1. The van der Waals surface area contributed by atoms with Crippen molar-refractivity contribution in [3.8, 4) is 22.5 Å². The Bertz CT molecular complexity index is 1660. The first-order valence-electron chi connectivity index (χ1n) is 13.7. The van der Waals surface area contributed by atoms with Gasteiger partial charge in [-0.15, -0.1) is 10.2 Å². The van der Waals surface area contributed by atoms with Crippen LogP contribution in [0.2, 0.25) is 0 Å². The molecule has 0 aliphatic heterocycles. The summed E-state index contributed by atoms with van der Waals surface area (Å²) in [6.07, 6.45) is 6.40. The lowest BCUT2D eigenvalue weighted by Crippen LogP contribution is -2.11. The number of rotatable bonds is 5. The summed E-state index contributed by atoms with van der Waals surface area (Å²) in [5.41, 5.74) is 8.38. The van der Waals surface area contributed by atoms with E-state index in [2.05, 4.69) is 61.7 Å². The normalized spacial score (nSPS) is 15.9. The Hall–Kier alpha value is -4.07. The minimum Gasteiger partial charge on any atom is -0.418 e. The second-order valence-electron chi connectivity index (χ2n) is 11.7. The minimum absolute atomic E-state index is 0.0830. The summed E-state index contributed by atoms with van der Waals surface area (Å²) in [5, 5.41) is 13.9. The van der Waals surface area contributed by atoms with Crippen LogP contribution in [0.4, 0.5) is 0 Å². The minimum atomic E-state index is -0.286. The van der Waals surface area contributed by atoms with E-state index in [1.807, 2.05) is 45.6 Å². The molecule has 1 aromatic carbocycles. The topological polar surface area (TPSA) is 102 Å². The lowest BCUT2D eigenvalue weighted by molar-refractivity contribution is 0.0935. The Morgan fingerprint density at radius 2 is 1.97 bits per heavy atom. The summed E-state index contributed by atoms with van der Waals surface area (Å²) in [5.74, 6) is 0.664. The lowest BCUT2D eigenvalue weighted by atomic mass is 9.86. The van der Waals surface area contributed by atoms with Crippen molar-refractivity contribution in [1.82, 2.24) is 29.9 Å². The van der Waals surface area contributed by atoms with Crippen LogP contribution in [0.15, 0.2) is 47.0 Å². The highest BCUT2D eigenvalue weighted by atomic mass is 16.4. The average molecular weight is 523 g/mol. The van der Waals surface area contributed by atoms with Crippen molar-refractivity contribution in [3.05, 3.63) is 71.2 Å². The van der Waals surface area contributed by atoms with Crippen LogP contribution in [0.5, 0.6) is 0 Å². The molecule has 0 fully saturated rings. The number of aryl methyl sites for hydroxylation is 3. The standard InChI is InChI=1S/C31H34N6O2/c1-18-14-26(36-37(18)5)25-17-24-23(12-13-32-28(24)33-25)21-10-11-22-19(15-21)8-6-7-9-20(22)16-27(38)29-34-35-30(39-29)31(2,3)4/h10-15,17,20H,6-9,16H2,1-5H3,(H,32,33). The Morgan fingerprint density at radius 3 is 2.72 bits per heavy atom. The largest absolute Gasteiger partial charge is 0.418 e. The molecule has 1 aliphatic rings. The van der Waals surface area contributed by atoms with Gasteiger partial charge in [0.1, 0.15) is 11.3 Å². The zero-order chi connectivity index (χ0) is 27.3. The number of H-pyrrole nitrogens is 1. The molecule has 5 aromatic rings. The third-order valence-corrected chi connectivity index (χ3v) is 7.80. The lowest BCUT2D eigenvalue weighted by Gasteiger charge is -2.17. The third-order valence-electron chi connectivity index (χ3n) is 7.80. The van der Waals surface area contributed by atoms with Crippen molar-refractivity contribution in [2.24, 2.45) is 7.05 Å². The molecular formula is C31H34N6O2. The van der Waals surface area contributed by atoms with Crippen LogP contribution in [-0.4, -0.2) is 35.7 Å². The molecule has 4 aromatic heterocycles. The Morgan fingerprint density at radius 1 is 1.13 bits per heavy atom. The van der Waals surface area contributed by atoms with E-state index in [1.54, 1.807) is 0 Å². The number of hydrogen-bond acceptors (Lipinski definition) is 6. The molecule has 0 amide bonds. The molecule has 0 bridgehead atoms. The Labute approximate surface area is 227 Å². The van der Waals surface area contributed by atoms with E-state index in [-0.39, 0.29) is 23.0 Å². The van der Waals surface area contributed by atoms with Gasteiger partial charge in [-0.2, -0.15) is 5.10 Å². The summed E-state index contributed by atoms with van der Waals surface area (Å²) in [6, 6.07) is 13.0. The second kappa shape index (κ2) is 9.59. The van der Waals surface area contributed by atoms with Gasteiger partial charge in [0.15, 0.2) is 0 Å². The van der Waals surface area contributed by atoms with Crippen molar-refractivity contribution in [3.63, 3.8) is 0 Å². The van der Waals surface area contributed by atoms with Crippen molar-refractivity contribution < 1.29 is 9.21 Å².